The molecule has 100 valence electrons. The fourth-order valence-corrected chi connectivity index (χ4v) is 1.49. The molecule has 3 N–H and O–H groups in total. The summed E-state index contributed by atoms with van der Waals surface area (Å²) in [7, 11) is 0. The maximum absolute atomic E-state index is 11.7. The van der Waals surface area contributed by atoms with E-state index >= 15 is 0 Å². The number of nitrogens with one attached hydrogen (secondary N) is 2. The number of amides is 2. The predicted molar refractivity (Wildman–Crippen MR) is 73.1 cm³/mol. The molecule has 1 atom stereocenters. The molecule has 1 rings (SSSR count). The van der Waals surface area contributed by atoms with Crippen molar-refractivity contribution < 1.29 is 14.7 Å². The summed E-state index contributed by atoms with van der Waals surface area (Å²) in [4.78, 5) is 22.3. The Hall–Kier alpha value is -2.48. The summed E-state index contributed by atoms with van der Waals surface area (Å²) < 4.78 is 0. The lowest BCUT2D eigenvalue weighted by Crippen LogP contribution is -2.37. The summed E-state index contributed by atoms with van der Waals surface area (Å²) in [5.41, 5.74) is 0.697. The Bertz CT molecular complexity index is 488. The molecule has 0 aliphatic heterocycles. The number of hydrogen-bond acceptors (Lipinski definition) is 2. The number of urea groups is 1. The molecule has 19 heavy (non-hydrogen) atoms. The van der Waals surface area contributed by atoms with Gasteiger partial charge in [-0.05, 0) is 30.7 Å². The van der Waals surface area contributed by atoms with Crippen molar-refractivity contribution in [3.05, 3.63) is 29.8 Å². The molecule has 2 amide bonds. The third-order valence-electron chi connectivity index (χ3n) is 2.58. The van der Waals surface area contributed by atoms with Gasteiger partial charge >= 0.3 is 12.0 Å². The normalized spacial score (nSPS) is 11.2. The van der Waals surface area contributed by atoms with E-state index < -0.39 is 5.97 Å². The molecule has 0 aromatic heterocycles. The van der Waals surface area contributed by atoms with Gasteiger partial charge in [-0.2, -0.15) is 0 Å². The van der Waals surface area contributed by atoms with E-state index in [2.05, 4.69) is 16.6 Å². The highest BCUT2D eigenvalue weighted by molar-refractivity contribution is 5.91. The number of terminal acetylenes is 1. The number of carbonyl (C=O) groups is 2. The average Bonchev–Trinajstić information content (AvgIpc) is 2.38. The standard InChI is InChI=1S/C14H16N2O3/c1-3-5-11(4-2)15-14(19)16-12-8-6-10(7-9-12)13(17)18/h1,6-9,11H,4-5H2,2H3,(H,17,18)(H2,15,16,19). The van der Waals surface area contributed by atoms with Crippen molar-refractivity contribution in [3.63, 3.8) is 0 Å². The molecule has 1 aromatic rings. The minimum Gasteiger partial charge on any atom is -0.478 e. The molecule has 0 saturated heterocycles. The van der Waals surface area contributed by atoms with Gasteiger partial charge in [-0.15, -0.1) is 12.3 Å². The number of hydrogen-bond donors (Lipinski definition) is 3. The van der Waals surface area contributed by atoms with Crippen LogP contribution in [0.25, 0.3) is 0 Å². The Balaban J connectivity index is 2.57. The van der Waals surface area contributed by atoms with Crippen LogP contribution in [-0.4, -0.2) is 23.1 Å². The SMILES string of the molecule is C#CCC(CC)NC(=O)Nc1ccc(C(=O)O)cc1. The second kappa shape index (κ2) is 7.07. The largest absolute Gasteiger partial charge is 0.478 e. The van der Waals surface area contributed by atoms with E-state index in [1.54, 1.807) is 0 Å². The Kier molecular flexibility index (Phi) is 5.42. The first kappa shape index (κ1) is 14.6. The lowest BCUT2D eigenvalue weighted by molar-refractivity contribution is 0.0697. The number of carboxylic acids is 1. The minimum atomic E-state index is -1.00. The summed E-state index contributed by atoms with van der Waals surface area (Å²) in [6.07, 6.45) is 6.42. The van der Waals surface area contributed by atoms with Gasteiger partial charge in [0, 0.05) is 18.2 Å². The van der Waals surface area contributed by atoms with E-state index in [9.17, 15) is 9.59 Å². The van der Waals surface area contributed by atoms with Gasteiger partial charge in [0.2, 0.25) is 0 Å². The van der Waals surface area contributed by atoms with E-state index in [0.29, 0.717) is 12.1 Å². The van der Waals surface area contributed by atoms with Crippen LogP contribution in [0.1, 0.15) is 30.1 Å². The van der Waals surface area contributed by atoms with Gasteiger partial charge < -0.3 is 15.7 Å². The Morgan fingerprint density at radius 1 is 1.37 bits per heavy atom. The molecule has 1 aromatic carbocycles. The first-order valence-electron chi connectivity index (χ1n) is 5.91. The molecule has 0 saturated carbocycles. The van der Waals surface area contributed by atoms with Gasteiger partial charge in [0.05, 0.1) is 5.56 Å². The molecule has 0 fully saturated rings. The first-order chi connectivity index (χ1) is 9.06. The third-order valence-corrected chi connectivity index (χ3v) is 2.58. The predicted octanol–water partition coefficient (Wildman–Crippen LogP) is 2.31. The summed E-state index contributed by atoms with van der Waals surface area (Å²) in [6, 6.07) is 5.50. The van der Waals surface area contributed by atoms with Crippen LogP contribution < -0.4 is 10.6 Å². The average molecular weight is 260 g/mol. The topological polar surface area (TPSA) is 78.4 Å². The fourth-order valence-electron chi connectivity index (χ4n) is 1.49. The van der Waals surface area contributed by atoms with E-state index in [1.807, 2.05) is 6.92 Å². The van der Waals surface area contributed by atoms with E-state index in [0.717, 1.165) is 6.42 Å². The van der Waals surface area contributed by atoms with E-state index in [4.69, 9.17) is 11.5 Å². The molecule has 0 aliphatic carbocycles. The van der Waals surface area contributed by atoms with Gasteiger partial charge in [-0.3, -0.25) is 0 Å². The lowest BCUT2D eigenvalue weighted by Gasteiger charge is -2.14. The van der Waals surface area contributed by atoms with Crippen LogP contribution in [0.3, 0.4) is 0 Å². The summed E-state index contributed by atoms with van der Waals surface area (Å²) >= 11 is 0. The minimum absolute atomic E-state index is 0.0664. The Labute approximate surface area is 112 Å². The second-order valence-electron chi connectivity index (χ2n) is 3.99. The highest BCUT2D eigenvalue weighted by Gasteiger charge is 2.09. The van der Waals surface area contributed by atoms with Crippen LogP contribution in [0.4, 0.5) is 10.5 Å². The summed E-state index contributed by atoms with van der Waals surface area (Å²) in [5.74, 6) is 1.50. The zero-order chi connectivity index (χ0) is 14.3. The van der Waals surface area contributed by atoms with E-state index in [1.165, 1.54) is 24.3 Å². The van der Waals surface area contributed by atoms with Crippen molar-refractivity contribution in [2.75, 3.05) is 5.32 Å². The van der Waals surface area contributed by atoms with Gasteiger partial charge in [-0.1, -0.05) is 6.92 Å². The molecule has 0 heterocycles. The smallest absolute Gasteiger partial charge is 0.335 e. The van der Waals surface area contributed by atoms with Crippen LogP contribution in [-0.2, 0) is 0 Å². The third kappa shape index (κ3) is 4.72. The van der Waals surface area contributed by atoms with Crippen LogP contribution >= 0.6 is 0 Å². The van der Waals surface area contributed by atoms with Crippen molar-refractivity contribution in [2.24, 2.45) is 0 Å². The highest BCUT2D eigenvalue weighted by Crippen LogP contribution is 2.09. The van der Waals surface area contributed by atoms with Gasteiger partial charge in [0.1, 0.15) is 0 Å². The molecule has 5 nitrogen and oxygen atoms in total. The molecule has 0 aliphatic rings. The van der Waals surface area contributed by atoms with Crippen LogP contribution in [0, 0.1) is 12.3 Å². The fraction of sp³-hybridized carbons (Fsp3) is 0.286. The summed E-state index contributed by atoms with van der Waals surface area (Å²) in [5, 5.41) is 14.1. The summed E-state index contributed by atoms with van der Waals surface area (Å²) in [6.45, 7) is 1.93. The highest BCUT2D eigenvalue weighted by atomic mass is 16.4. The van der Waals surface area contributed by atoms with Crippen molar-refractivity contribution in [2.45, 2.75) is 25.8 Å². The van der Waals surface area contributed by atoms with Crippen molar-refractivity contribution in [1.82, 2.24) is 5.32 Å². The van der Waals surface area contributed by atoms with Crippen molar-refractivity contribution in [1.29, 1.82) is 0 Å². The Morgan fingerprint density at radius 2 is 2.00 bits per heavy atom. The van der Waals surface area contributed by atoms with Gasteiger partial charge in [-0.25, -0.2) is 9.59 Å². The number of benzene rings is 1. The zero-order valence-corrected chi connectivity index (χ0v) is 10.6. The molecule has 1 unspecified atom stereocenters. The molecular formula is C14H16N2O3. The van der Waals surface area contributed by atoms with Crippen LogP contribution in [0.5, 0.6) is 0 Å². The quantitative estimate of drug-likeness (QED) is 0.711. The first-order valence-corrected chi connectivity index (χ1v) is 5.91. The number of carboxylic acid groups (broad SMARTS) is 1. The van der Waals surface area contributed by atoms with Crippen molar-refractivity contribution in [3.8, 4) is 12.3 Å². The zero-order valence-electron chi connectivity index (χ0n) is 10.6. The van der Waals surface area contributed by atoms with Crippen molar-refractivity contribution >= 4 is 17.7 Å². The molecule has 5 heteroatoms. The molecule has 0 radical (unpaired) electrons. The van der Waals surface area contributed by atoms with E-state index in [-0.39, 0.29) is 17.6 Å². The number of rotatable bonds is 5. The lowest BCUT2D eigenvalue weighted by atomic mass is 10.1. The van der Waals surface area contributed by atoms with Gasteiger partial charge in [0.15, 0.2) is 0 Å². The molecule has 0 spiro atoms. The van der Waals surface area contributed by atoms with Crippen LogP contribution in [0.2, 0.25) is 0 Å². The van der Waals surface area contributed by atoms with Crippen LogP contribution in [0.15, 0.2) is 24.3 Å². The number of carbonyl (C=O) groups excluding carboxylic acids is 1. The molecular weight excluding hydrogens is 244 g/mol. The number of anilines is 1. The monoisotopic (exact) mass is 260 g/mol. The maximum Gasteiger partial charge on any atom is 0.335 e. The maximum atomic E-state index is 11.7. The van der Waals surface area contributed by atoms with Gasteiger partial charge in [0.25, 0.3) is 0 Å². The number of aromatic carboxylic acids is 1. The molecule has 0 bridgehead atoms. The second-order valence-corrected chi connectivity index (χ2v) is 3.99. The Morgan fingerprint density at radius 3 is 2.47 bits per heavy atom.